The summed E-state index contributed by atoms with van der Waals surface area (Å²) in [6.07, 6.45) is 6.19. The van der Waals surface area contributed by atoms with Crippen molar-refractivity contribution in [3.8, 4) is 0 Å². The van der Waals surface area contributed by atoms with Crippen molar-refractivity contribution in [2.75, 3.05) is 6.54 Å². The topological polar surface area (TPSA) is 38.9 Å². The van der Waals surface area contributed by atoms with Gasteiger partial charge >= 0.3 is 0 Å². The van der Waals surface area contributed by atoms with Crippen LogP contribution in [0.5, 0.6) is 0 Å². The van der Waals surface area contributed by atoms with Crippen LogP contribution in [-0.4, -0.2) is 11.5 Å². The van der Waals surface area contributed by atoms with Crippen molar-refractivity contribution in [2.24, 2.45) is 5.73 Å². The highest BCUT2D eigenvalue weighted by Crippen LogP contribution is 2.45. The molecule has 2 nitrogen and oxygen atoms in total. The van der Waals surface area contributed by atoms with Gasteiger partial charge in [-0.3, -0.25) is 0 Å². The summed E-state index contributed by atoms with van der Waals surface area (Å²) in [6, 6.07) is 0. The van der Waals surface area contributed by atoms with Gasteiger partial charge in [-0.1, -0.05) is 13.3 Å². The van der Waals surface area contributed by atoms with Gasteiger partial charge in [0, 0.05) is 10.3 Å². The fourth-order valence-electron chi connectivity index (χ4n) is 2.10. The summed E-state index contributed by atoms with van der Waals surface area (Å²) in [4.78, 5) is 6.18. The fourth-order valence-corrected chi connectivity index (χ4v) is 3.41. The van der Waals surface area contributed by atoms with Crippen LogP contribution in [-0.2, 0) is 11.8 Å². The van der Waals surface area contributed by atoms with Crippen LogP contribution in [0.2, 0.25) is 0 Å². The van der Waals surface area contributed by atoms with E-state index in [1.54, 1.807) is 0 Å². The molecule has 1 aliphatic rings. The highest BCUT2D eigenvalue weighted by molar-refractivity contribution is 7.11. The van der Waals surface area contributed by atoms with E-state index in [0.29, 0.717) is 5.41 Å². The van der Waals surface area contributed by atoms with E-state index in [4.69, 9.17) is 10.7 Å². The van der Waals surface area contributed by atoms with E-state index in [9.17, 15) is 0 Å². The molecule has 2 rings (SSSR count). The summed E-state index contributed by atoms with van der Waals surface area (Å²) < 4.78 is 0. The monoisotopic (exact) mass is 224 g/mol. The number of aryl methyl sites for hydroxylation is 2. The number of nitrogens with two attached hydrogens (primary N) is 1. The van der Waals surface area contributed by atoms with Crippen molar-refractivity contribution in [3.05, 3.63) is 15.6 Å². The number of rotatable bonds is 4. The van der Waals surface area contributed by atoms with Crippen molar-refractivity contribution < 1.29 is 0 Å². The van der Waals surface area contributed by atoms with Gasteiger partial charge in [0.2, 0.25) is 0 Å². The lowest BCUT2D eigenvalue weighted by molar-refractivity contribution is 0.271. The smallest absolute Gasteiger partial charge is 0.0990 e. The SMILES string of the molecule is Cc1nc(C2(C)CCC2)sc1CCCN. The Hall–Kier alpha value is -0.410. The number of hydrogen-bond donors (Lipinski definition) is 1. The first-order chi connectivity index (χ1) is 7.15. The van der Waals surface area contributed by atoms with Crippen LogP contribution in [0.15, 0.2) is 0 Å². The molecule has 0 aliphatic heterocycles. The third-order valence-corrected chi connectivity index (χ3v) is 5.00. The minimum Gasteiger partial charge on any atom is -0.330 e. The molecule has 0 radical (unpaired) electrons. The molecule has 1 aromatic rings. The maximum atomic E-state index is 5.54. The molecule has 0 amide bonds. The average molecular weight is 224 g/mol. The Morgan fingerprint density at radius 2 is 2.20 bits per heavy atom. The number of aromatic nitrogens is 1. The normalized spacial score (nSPS) is 18.9. The van der Waals surface area contributed by atoms with Crippen molar-refractivity contribution in [3.63, 3.8) is 0 Å². The van der Waals surface area contributed by atoms with E-state index in [1.165, 1.54) is 34.8 Å². The van der Waals surface area contributed by atoms with Gasteiger partial charge in [-0.15, -0.1) is 11.3 Å². The highest BCUT2D eigenvalue weighted by Gasteiger charge is 2.36. The van der Waals surface area contributed by atoms with Crippen molar-refractivity contribution in [1.82, 2.24) is 4.98 Å². The molecule has 1 heterocycles. The zero-order chi connectivity index (χ0) is 10.9. The number of nitrogens with zero attached hydrogens (tertiary/aromatic N) is 1. The first-order valence-corrected chi connectivity index (χ1v) is 6.64. The lowest BCUT2D eigenvalue weighted by atomic mass is 9.71. The van der Waals surface area contributed by atoms with E-state index < -0.39 is 0 Å². The minimum absolute atomic E-state index is 0.399. The highest BCUT2D eigenvalue weighted by atomic mass is 32.1. The molecule has 2 N–H and O–H groups in total. The second kappa shape index (κ2) is 4.22. The number of thiazole rings is 1. The summed E-state index contributed by atoms with van der Waals surface area (Å²) in [6.45, 7) is 5.26. The van der Waals surface area contributed by atoms with Gasteiger partial charge in [0.1, 0.15) is 0 Å². The minimum atomic E-state index is 0.399. The number of hydrogen-bond acceptors (Lipinski definition) is 3. The van der Waals surface area contributed by atoms with Crippen LogP contribution in [0.4, 0.5) is 0 Å². The van der Waals surface area contributed by atoms with E-state index in [2.05, 4.69) is 13.8 Å². The molecule has 0 atom stereocenters. The molecule has 0 saturated heterocycles. The average Bonchev–Trinajstić information content (AvgIpc) is 2.53. The second-order valence-corrected chi connectivity index (χ2v) is 5.92. The molecule has 0 bridgehead atoms. The van der Waals surface area contributed by atoms with Crippen molar-refractivity contribution in [1.29, 1.82) is 0 Å². The molecule has 1 aromatic heterocycles. The van der Waals surface area contributed by atoms with Crippen LogP contribution in [0, 0.1) is 6.92 Å². The Balaban J connectivity index is 2.13. The Kier molecular flexibility index (Phi) is 3.12. The Morgan fingerprint density at radius 3 is 2.73 bits per heavy atom. The van der Waals surface area contributed by atoms with E-state index in [-0.39, 0.29) is 0 Å². The third-order valence-electron chi connectivity index (χ3n) is 3.47. The largest absolute Gasteiger partial charge is 0.330 e. The molecule has 0 aromatic carbocycles. The Bertz CT molecular complexity index is 339. The molecule has 3 heteroatoms. The van der Waals surface area contributed by atoms with E-state index >= 15 is 0 Å². The van der Waals surface area contributed by atoms with Gasteiger partial charge < -0.3 is 5.73 Å². The Morgan fingerprint density at radius 1 is 1.47 bits per heavy atom. The fraction of sp³-hybridized carbons (Fsp3) is 0.750. The predicted octanol–water partition coefficient (Wildman–Crippen LogP) is 2.78. The van der Waals surface area contributed by atoms with E-state index in [0.717, 1.165) is 19.4 Å². The first-order valence-electron chi connectivity index (χ1n) is 5.82. The van der Waals surface area contributed by atoms with Crippen molar-refractivity contribution >= 4 is 11.3 Å². The van der Waals surface area contributed by atoms with Crippen LogP contribution in [0.1, 0.15) is 48.2 Å². The van der Waals surface area contributed by atoms with Crippen LogP contribution in [0.25, 0.3) is 0 Å². The summed E-state index contributed by atoms with van der Waals surface area (Å²) in [5, 5.41) is 1.36. The molecule has 15 heavy (non-hydrogen) atoms. The van der Waals surface area contributed by atoms with Crippen LogP contribution >= 0.6 is 11.3 Å². The molecule has 1 fully saturated rings. The predicted molar refractivity (Wildman–Crippen MR) is 65.4 cm³/mol. The molecule has 0 unspecified atom stereocenters. The summed E-state index contributed by atoms with van der Waals surface area (Å²) in [5.74, 6) is 0. The molecule has 1 saturated carbocycles. The van der Waals surface area contributed by atoms with Crippen molar-refractivity contribution in [2.45, 2.75) is 51.4 Å². The van der Waals surface area contributed by atoms with Gasteiger partial charge in [-0.05, 0) is 39.2 Å². The zero-order valence-corrected chi connectivity index (χ0v) is 10.5. The van der Waals surface area contributed by atoms with Crippen LogP contribution < -0.4 is 5.73 Å². The summed E-state index contributed by atoms with van der Waals surface area (Å²) in [7, 11) is 0. The van der Waals surface area contributed by atoms with Gasteiger partial charge in [0.25, 0.3) is 0 Å². The Labute approximate surface area is 95.9 Å². The lowest BCUT2D eigenvalue weighted by Crippen LogP contribution is -2.30. The van der Waals surface area contributed by atoms with Gasteiger partial charge in [-0.2, -0.15) is 0 Å². The van der Waals surface area contributed by atoms with E-state index in [1.807, 2.05) is 11.3 Å². The molecular formula is C12H20N2S. The maximum Gasteiger partial charge on any atom is 0.0990 e. The summed E-state index contributed by atoms with van der Waals surface area (Å²) >= 11 is 1.92. The van der Waals surface area contributed by atoms with Gasteiger partial charge in [-0.25, -0.2) is 4.98 Å². The molecule has 0 spiro atoms. The van der Waals surface area contributed by atoms with Crippen LogP contribution in [0.3, 0.4) is 0 Å². The maximum absolute atomic E-state index is 5.54. The van der Waals surface area contributed by atoms with Gasteiger partial charge in [0.05, 0.1) is 10.7 Å². The van der Waals surface area contributed by atoms with Gasteiger partial charge in [0.15, 0.2) is 0 Å². The standard InChI is InChI=1S/C12H20N2S/c1-9-10(5-3-8-13)15-11(14-9)12(2)6-4-7-12/h3-8,13H2,1-2H3. The summed E-state index contributed by atoms with van der Waals surface area (Å²) in [5.41, 5.74) is 7.17. The lowest BCUT2D eigenvalue weighted by Gasteiger charge is -2.36. The molecule has 1 aliphatic carbocycles. The third kappa shape index (κ3) is 2.08. The zero-order valence-electron chi connectivity index (χ0n) is 9.68. The molecular weight excluding hydrogens is 204 g/mol. The first kappa shape index (κ1) is 11.1. The molecule has 84 valence electrons. The second-order valence-electron chi connectivity index (χ2n) is 4.83. The quantitative estimate of drug-likeness (QED) is 0.854.